The van der Waals surface area contributed by atoms with Crippen molar-refractivity contribution in [2.45, 2.75) is 52.7 Å². The van der Waals surface area contributed by atoms with Gasteiger partial charge in [-0.2, -0.15) is 0 Å². The van der Waals surface area contributed by atoms with Crippen LogP contribution in [0.25, 0.3) is 0 Å². The van der Waals surface area contributed by atoms with Gasteiger partial charge in [0, 0.05) is 0 Å². The Morgan fingerprint density at radius 3 is 2.25 bits per heavy atom. The summed E-state index contributed by atoms with van der Waals surface area (Å²) in [7, 11) is 0. The molecule has 0 saturated carbocycles. The van der Waals surface area contributed by atoms with Gasteiger partial charge in [0.1, 0.15) is 11.9 Å². The molecule has 90 valence electrons. The standard InChI is InChI=1S/C14H22O2/c1-9(2)13-7-6-10(3)8-14(13)16-12(5)11(4)15/h6-9,11-12,15H,1-5H3/t11-,12?/m0/s1. The van der Waals surface area contributed by atoms with Crippen LogP contribution in [0.5, 0.6) is 5.75 Å². The molecule has 1 rings (SSSR count). The maximum Gasteiger partial charge on any atom is 0.123 e. The topological polar surface area (TPSA) is 29.5 Å². The predicted octanol–water partition coefficient (Wildman–Crippen LogP) is 3.27. The molecule has 2 nitrogen and oxygen atoms in total. The van der Waals surface area contributed by atoms with Crippen molar-refractivity contribution in [3.8, 4) is 5.75 Å². The second-order valence-electron chi connectivity index (χ2n) is 4.76. The third-order valence-corrected chi connectivity index (χ3v) is 2.78. The number of hydrogen-bond acceptors (Lipinski definition) is 2. The maximum atomic E-state index is 9.46. The van der Waals surface area contributed by atoms with E-state index in [0.717, 1.165) is 5.75 Å². The van der Waals surface area contributed by atoms with Crippen LogP contribution < -0.4 is 4.74 Å². The first-order valence-corrected chi connectivity index (χ1v) is 5.87. The fraction of sp³-hybridized carbons (Fsp3) is 0.571. The molecule has 1 aromatic rings. The van der Waals surface area contributed by atoms with Crippen molar-refractivity contribution in [2.24, 2.45) is 0 Å². The average Bonchev–Trinajstić information content (AvgIpc) is 2.16. The first-order valence-electron chi connectivity index (χ1n) is 5.87. The van der Waals surface area contributed by atoms with Crippen molar-refractivity contribution in [3.63, 3.8) is 0 Å². The molecule has 0 heterocycles. The fourth-order valence-corrected chi connectivity index (χ4v) is 1.52. The monoisotopic (exact) mass is 222 g/mol. The van der Waals surface area contributed by atoms with Crippen LogP contribution in [-0.2, 0) is 0 Å². The summed E-state index contributed by atoms with van der Waals surface area (Å²) in [5.41, 5.74) is 2.37. The molecule has 0 radical (unpaired) electrons. The van der Waals surface area contributed by atoms with Crippen LogP contribution in [0.4, 0.5) is 0 Å². The van der Waals surface area contributed by atoms with Crippen LogP contribution in [0, 0.1) is 6.92 Å². The van der Waals surface area contributed by atoms with E-state index in [1.807, 2.05) is 19.9 Å². The summed E-state index contributed by atoms with van der Waals surface area (Å²) in [5, 5.41) is 9.46. The zero-order chi connectivity index (χ0) is 12.3. The molecule has 0 bridgehead atoms. The first kappa shape index (κ1) is 13.0. The minimum atomic E-state index is -0.458. The second-order valence-corrected chi connectivity index (χ2v) is 4.76. The number of benzene rings is 1. The highest BCUT2D eigenvalue weighted by Crippen LogP contribution is 2.28. The van der Waals surface area contributed by atoms with E-state index in [1.165, 1.54) is 11.1 Å². The predicted molar refractivity (Wildman–Crippen MR) is 67.0 cm³/mol. The molecule has 1 aromatic carbocycles. The largest absolute Gasteiger partial charge is 0.488 e. The third kappa shape index (κ3) is 3.24. The molecule has 1 N–H and O–H groups in total. The van der Waals surface area contributed by atoms with Gasteiger partial charge in [-0.25, -0.2) is 0 Å². The van der Waals surface area contributed by atoms with Crippen LogP contribution in [0.1, 0.15) is 44.7 Å². The van der Waals surface area contributed by atoms with Crippen LogP contribution in [0.15, 0.2) is 18.2 Å². The Morgan fingerprint density at radius 1 is 1.12 bits per heavy atom. The highest BCUT2D eigenvalue weighted by atomic mass is 16.5. The Balaban J connectivity index is 2.96. The maximum absolute atomic E-state index is 9.46. The quantitative estimate of drug-likeness (QED) is 0.847. The van der Waals surface area contributed by atoms with Crippen LogP contribution >= 0.6 is 0 Å². The van der Waals surface area contributed by atoms with Crippen LogP contribution in [-0.4, -0.2) is 17.3 Å². The number of aliphatic hydroxyl groups excluding tert-OH is 1. The summed E-state index contributed by atoms with van der Waals surface area (Å²) >= 11 is 0. The molecule has 2 atom stereocenters. The zero-order valence-electron chi connectivity index (χ0n) is 10.8. The number of aliphatic hydroxyl groups is 1. The normalized spacial score (nSPS) is 14.9. The first-order chi connectivity index (χ1) is 7.41. The SMILES string of the molecule is Cc1ccc(C(C)C)c(OC(C)[C@H](C)O)c1. The van der Waals surface area contributed by atoms with Gasteiger partial charge in [0.05, 0.1) is 6.10 Å². The van der Waals surface area contributed by atoms with Crippen molar-refractivity contribution < 1.29 is 9.84 Å². The Hall–Kier alpha value is -1.02. The molecule has 0 saturated heterocycles. The molecule has 2 heteroatoms. The second kappa shape index (κ2) is 5.35. The number of ether oxygens (including phenoxy) is 1. The lowest BCUT2D eigenvalue weighted by molar-refractivity contribution is 0.0596. The van der Waals surface area contributed by atoms with E-state index < -0.39 is 6.10 Å². The fourth-order valence-electron chi connectivity index (χ4n) is 1.52. The molecule has 0 spiro atoms. The van der Waals surface area contributed by atoms with E-state index in [4.69, 9.17) is 4.74 Å². The lowest BCUT2D eigenvalue weighted by Gasteiger charge is -2.21. The zero-order valence-corrected chi connectivity index (χ0v) is 10.8. The van der Waals surface area contributed by atoms with Gasteiger partial charge in [-0.3, -0.25) is 0 Å². The Kier molecular flexibility index (Phi) is 4.36. The molecule has 0 aromatic heterocycles. The Labute approximate surface area is 98.3 Å². The number of rotatable bonds is 4. The molecule has 1 unspecified atom stereocenters. The van der Waals surface area contributed by atoms with Gasteiger partial charge >= 0.3 is 0 Å². The van der Waals surface area contributed by atoms with Crippen molar-refractivity contribution >= 4 is 0 Å². The van der Waals surface area contributed by atoms with Gasteiger partial charge < -0.3 is 9.84 Å². The van der Waals surface area contributed by atoms with Gasteiger partial charge in [-0.15, -0.1) is 0 Å². The van der Waals surface area contributed by atoms with E-state index in [0.29, 0.717) is 5.92 Å². The highest BCUT2D eigenvalue weighted by Gasteiger charge is 2.14. The number of aryl methyl sites for hydroxylation is 1. The van der Waals surface area contributed by atoms with Crippen molar-refractivity contribution in [1.29, 1.82) is 0 Å². The van der Waals surface area contributed by atoms with E-state index in [-0.39, 0.29) is 6.10 Å². The van der Waals surface area contributed by atoms with Gasteiger partial charge in [0.25, 0.3) is 0 Å². The summed E-state index contributed by atoms with van der Waals surface area (Å²) in [5.74, 6) is 1.32. The van der Waals surface area contributed by atoms with E-state index in [9.17, 15) is 5.11 Å². The summed E-state index contributed by atoms with van der Waals surface area (Å²) in [6.45, 7) is 9.96. The van der Waals surface area contributed by atoms with Crippen molar-refractivity contribution in [1.82, 2.24) is 0 Å². The Morgan fingerprint density at radius 2 is 1.75 bits per heavy atom. The molecule has 0 aliphatic carbocycles. The molecular weight excluding hydrogens is 200 g/mol. The van der Waals surface area contributed by atoms with Crippen LogP contribution in [0.2, 0.25) is 0 Å². The van der Waals surface area contributed by atoms with E-state index in [1.54, 1.807) is 6.92 Å². The summed E-state index contributed by atoms with van der Waals surface area (Å²) < 4.78 is 5.80. The van der Waals surface area contributed by atoms with Crippen molar-refractivity contribution in [2.75, 3.05) is 0 Å². The molecular formula is C14H22O2. The third-order valence-electron chi connectivity index (χ3n) is 2.78. The lowest BCUT2D eigenvalue weighted by atomic mass is 10.0. The summed E-state index contributed by atoms with van der Waals surface area (Å²) in [4.78, 5) is 0. The van der Waals surface area contributed by atoms with Crippen LogP contribution in [0.3, 0.4) is 0 Å². The van der Waals surface area contributed by atoms with Gasteiger partial charge in [0.15, 0.2) is 0 Å². The lowest BCUT2D eigenvalue weighted by Crippen LogP contribution is -2.26. The molecule has 0 fully saturated rings. The smallest absolute Gasteiger partial charge is 0.123 e. The van der Waals surface area contributed by atoms with Gasteiger partial charge in [-0.05, 0) is 43.9 Å². The summed E-state index contributed by atoms with van der Waals surface area (Å²) in [6, 6.07) is 6.23. The average molecular weight is 222 g/mol. The molecule has 0 aliphatic heterocycles. The number of hydrogen-bond donors (Lipinski definition) is 1. The van der Waals surface area contributed by atoms with E-state index >= 15 is 0 Å². The molecule has 0 amide bonds. The van der Waals surface area contributed by atoms with Gasteiger partial charge in [-0.1, -0.05) is 26.0 Å². The van der Waals surface area contributed by atoms with Crippen molar-refractivity contribution in [3.05, 3.63) is 29.3 Å². The molecule has 16 heavy (non-hydrogen) atoms. The Bertz CT molecular complexity index is 343. The minimum absolute atomic E-state index is 0.181. The van der Waals surface area contributed by atoms with E-state index in [2.05, 4.69) is 26.0 Å². The van der Waals surface area contributed by atoms with Gasteiger partial charge in [0.2, 0.25) is 0 Å². The summed E-state index contributed by atoms with van der Waals surface area (Å²) in [6.07, 6.45) is -0.639. The highest BCUT2D eigenvalue weighted by molar-refractivity contribution is 5.39. The molecule has 0 aliphatic rings. The minimum Gasteiger partial charge on any atom is -0.488 e.